The summed E-state index contributed by atoms with van der Waals surface area (Å²) in [5.41, 5.74) is 2.14. The van der Waals surface area contributed by atoms with E-state index in [1.165, 1.54) is 0 Å². The highest BCUT2D eigenvalue weighted by Gasteiger charge is 2.41. The first-order chi connectivity index (χ1) is 12.6. The molecule has 1 N–H and O–H groups in total. The molecule has 0 aromatic heterocycles. The van der Waals surface area contributed by atoms with Crippen LogP contribution in [-0.2, 0) is 14.9 Å². The van der Waals surface area contributed by atoms with E-state index in [2.05, 4.69) is 5.32 Å². The zero-order valence-electron chi connectivity index (χ0n) is 15.5. The van der Waals surface area contributed by atoms with Gasteiger partial charge in [-0.05, 0) is 61.2 Å². The Morgan fingerprint density at radius 1 is 1.04 bits per heavy atom. The molecule has 0 spiro atoms. The maximum absolute atomic E-state index is 13.3. The molecule has 1 saturated heterocycles. The van der Waals surface area contributed by atoms with Crippen molar-refractivity contribution in [3.8, 4) is 11.5 Å². The molecule has 3 rings (SSSR count). The molecule has 1 amide bonds. The number of methoxy groups -OCH3 is 2. The number of amides is 1. The summed E-state index contributed by atoms with van der Waals surface area (Å²) in [6.07, 6.45) is 1.31. The molecule has 1 fully saturated rings. The highest BCUT2D eigenvalue weighted by molar-refractivity contribution is 5.99. The van der Waals surface area contributed by atoms with Gasteiger partial charge in [0.05, 0.1) is 19.6 Å². The van der Waals surface area contributed by atoms with Gasteiger partial charge >= 0.3 is 0 Å². The lowest BCUT2D eigenvalue weighted by Gasteiger charge is -2.36. The third-order valence-electron chi connectivity index (χ3n) is 5.08. The van der Waals surface area contributed by atoms with E-state index in [9.17, 15) is 4.79 Å². The lowest BCUT2D eigenvalue weighted by Crippen LogP contribution is -2.44. The van der Waals surface area contributed by atoms with Crippen molar-refractivity contribution in [3.63, 3.8) is 0 Å². The molecule has 0 aliphatic carbocycles. The summed E-state index contributed by atoms with van der Waals surface area (Å²) in [5, 5.41) is 3.09. The maximum Gasteiger partial charge on any atom is 0.235 e. The number of aryl methyl sites for hydroxylation is 1. The summed E-state index contributed by atoms with van der Waals surface area (Å²) in [6, 6.07) is 13.4. The van der Waals surface area contributed by atoms with Crippen LogP contribution in [0, 0.1) is 6.92 Å². The molecule has 1 aliphatic heterocycles. The molecule has 2 aromatic rings. The van der Waals surface area contributed by atoms with Crippen LogP contribution in [0.5, 0.6) is 11.5 Å². The van der Waals surface area contributed by atoms with E-state index in [1.807, 2.05) is 49.4 Å². The predicted octanol–water partition coefficient (Wildman–Crippen LogP) is 3.70. The van der Waals surface area contributed by atoms with Gasteiger partial charge in [-0.2, -0.15) is 0 Å². The lowest BCUT2D eigenvalue weighted by molar-refractivity contribution is -0.125. The average Bonchev–Trinajstić information content (AvgIpc) is 2.68. The van der Waals surface area contributed by atoms with Gasteiger partial charge in [-0.3, -0.25) is 4.79 Å². The van der Waals surface area contributed by atoms with Crippen LogP contribution in [0.25, 0.3) is 0 Å². The standard InChI is InChI=1S/C21H25NO4/c1-15-14-17(6-9-19(15)25-3)22-20(23)21(10-12-26-13-11-21)16-4-7-18(24-2)8-5-16/h4-9,14H,10-13H2,1-3H3,(H,22,23). The van der Waals surface area contributed by atoms with Gasteiger partial charge in [-0.25, -0.2) is 0 Å². The molecule has 138 valence electrons. The summed E-state index contributed by atoms with van der Waals surface area (Å²) < 4.78 is 16.1. The van der Waals surface area contributed by atoms with E-state index in [0.717, 1.165) is 28.3 Å². The quantitative estimate of drug-likeness (QED) is 0.888. The van der Waals surface area contributed by atoms with Gasteiger partial charge in [0.1, 0.15) is 11.5 Å². The van der Waals surface area contributed by atoms with Crippen LogP contribution in [-0.4, -0.2) is 33.3 Å². The van der Waals surface area contributed by atoms with Gasteiger partial charge in [0.25, 0.3) is 0 Å². The number of rotatable bonds is 5. The van der Waals surface area contributed by atoms with Crippen molar-refractivity contribution in [2.45, 2.75) is 25.2 Å². The summed E-state index contributed by atoms with van der Waals surface area (Å²) in [7, 11) is 3.28. The van der Waals surface area contributed by atoms with Crippen molar-refractivity contribution in [2.24, 2.45) is 0 Å². The van der Waals surface area contributed by atoms with Gasteiger partial charge in [-0.15, -0.1) is 0 Å². The second-order valence-corrected chi connectivity index (χ2v) is 6.56. The van der Waals surface area contributed by atoms with Gasteiger partial charge in [-0.1, -0.05) is 12.1 Å². The Hall–Kier alpha value is -2.53. The monoisotopic (exact) mass is 355 g/mol. The van der Waals surface area contributed by atoms with Crippen molar-refractivity contribution >= 4 is 11.6 Å². The molecular weight excluding hydrogens is 330 g/mol. The van der Waals surface area contributed by atoms with E-state index < -0.39 is 5.41 Å². The van der Waals surface area contributed by atoms with Crippen molar-refractivity contribution < 1.29 is 19.0 Å². The Kier molecular flexibility index (Phi) is 5.47. The number of hydrogen-bond acceptors (Lipinski definition) is 4. The number of hydrogen-bond donors (Lipinski definition) is 1. The number of anilines is 1. The Balaban J connectivity index is 1.89. The highest BCUT2D eigenvalue weighted by atomic mass is 16.5. The molecule has 0 radical (unpaired) electrons. The minimum atomic E-state index is -0.599. The SMILES string of the molecule is COc1ccc(C2(C(=O)Nc3ccc(OC)c(C)c3)CCOCC2)cc1. The van der Waals surface area contributed by atoms with Crippen LogP contribution in [0.1, 0.15) is 24.0 Å². The molecular formula is C21H25NO4. The summed E-state index contributed by atoms with van der Waals surface area (Å²) in [4.78, 5) is 13.3. The van der Waals surface area contributed by atoms with Crippen LogP contribution in [0.2, 0.25) is 0 Å². The van der Waals surface area contributed by atoms with Gasteiger partial charge in [0.15, 0.2) is 0 Å². The summed E-state index contributed by atoms with van der Waals surface area (Å²) in [6.45, 7) is 3.10. The molecule has 0 atom stereocenters. The maximum atomic E-state index is 13.3. The van der Waals surface area contributed by atoms with E-state index >= 15 is 0 Å². The van der Waals surface area contributed by atoms with Crippen LogP contribution >= 0.6 is 0 Å². The molecule has 5 nitrogen and oxygen atoms in total. The Morgan fingerprint density at radius 2 is 1.73 bits per heavy atom. The van der Waals surface area contributed by atoms with Crippen molar-refractivity contribution in [3.05, 3.63) is 53.6 Å². The number of nitrogens with one attached hydrogen (secondary N) is 1. The van der Waals surface area contributed by atoms with E-state index in [1.54, 1.807) is 14.2 Å². The predicted molar refractivity (Wildman–Crippen MR) is 101 cm³/mol. The average molecular weight is 355 g/mol. The molecule has 1 aliphatic rings. The van der Waals surface area contributed by atoms with Gasteiger partial charge in [0.2, 0.25) is 5.91 Å². The fourth-order valence-electron chi connectivity index (χ4n) is 3.48. The Bertz CT molecular complexity index is 764. The Morgan fingerprint density at radius 3 is 2.31 bits per heavy atom. The largest absolute Gasteiger partial charge is 0.497 e. The lowest BCUT2D eigenvalue weighted by atomic mass is 9.73. The fourth-order valence-corrected chi connectivity index (χ4v) is 3.48. The summed E-state index contributed by atoms with van der Waals surface area (Å²) in [5.74, 6) is 1.58. The van der Waals surface area contributed by atoms with Crippen LogP contribution in [0.3, 0.4) is 0 Å². The van der Waals surface area contributed by atoms with Crippen LogP contribution in [0.4, 0.5) is 5.69 Å². The van der Waals surface area contributed by atoms with Crippen molar-refractivity contribution in [1.29, 1.82) is 0 Å². The zero-order chi connectivity index (χ0) is 18.6. The second kappa shape index (κ2) is 7.79. The first-order valence-corrected chi connectivity index (χ1v) is 8.77. The number of carbonyl (C=O) groups excluding carboxylic acids is 1. The van der Waals surface area contributed by atoms with Crippen LogP contribution in [0.15, 0.2) is 42.5 Å². The third kappa shape index (κ3) is 3.53. The smallest absolute Gasteiger partial charge is 0.235 e. The molecule has 0 unspecified atom stereocenters. The van der Waals surface area contributed by atoms with E-state index in [4.69, 9.17) is 14.2 Å². The molecule has 26 heavy (non-hydrogen) atoms. The van der Waals surface area contributed by atoms with Crippen molar-refractivity contribution in [2.75, 3.05) is 32.8 Å². The summed E-state index contributed by atoms with van der Waals surface area (Å²) >= 11 is 0. The third-order valence-corrected chi connectivity index (χ3v) is 5.08. The minimum absolute atomic E-state index is 0.00414. The second-order valence-electron chi connectivity index (χ2n) is 6.56. The van der Waals surface area contributed by atoms with Gasteiger partial charge < -0.3 is 19.5 Å². The minimum Gasteiger partial charge on any atom is -0.497 e. The highest BCUT2D eigenvalue weighted by Crippen LogP contribution is 2.37. The normalized spacial score (nSPS) is 16.0. The molecule has 0 bridgehead atoms. The van der Waals surface area contributed by atoms with Crippen LogP contribution < -0.4 is 14.8 Å². The fraction of sp³-hybridized carbons (Fsp3) is 0.381. The van der Waals surface area contributed by atoms with Crippen molar-refractivity contribution in [1.82, 2.24) is 0 Å². The first-order valence-electron chi connectivity index (χ1n) is 8.77. The number of carbonyl (C=O) groups is 1. The molecule has 5 heteroatoms. The topological polar surface area (TPSA) is 56.8 Å². The molecule has 0 saturated carbocycles. The molecule has 2 aromatic carbocycles. The first kappa shape index (κ1) is 18.3. The number of ether oxygens (including phenoxy) is 3. The van der Waals surface area contributed by atoms with E-state index in [-0.39, 0.29) is 5.91 Å². The Labute approximate surface area is 154 Å². The number of benzene rings is 2. The van der Waals surface area contributed by atoms with Gasteiger partial charge in [0, 0.05) is 18.9 Å². The van der Waals surface area contributed by atoms with E-state index in [0.29, 0.717) is 26.1 Å². The zero-order valence-corrected chi connectivity index (χ0v) is 15.5. The molecule has 1 heterocycles.